The van der Waals surface area contributed by atoms with Crippen LogP contribution < -0.4 is 10.1 Å². The van der Waals surface area contributed by atoms with Gasteiger partial charge in [0.1, 0.15) is 17.3 Å². The number of furan rings is 1. The number of ether oxygens (including phenoxy) is 1. The lowest BCUT2D eigenvalue weighted by Gasteiger charge is -2.06. The smallest absolute Gasteiger partial charge is 0.132 e. The summed E-state index contributed by atoms with van der Waals surface area (Å²) in [7, 11) is 1.70. The van der Waals surface area contributed by atoms with Crippen LogP contribution in [0.2, 0.25) is 0 Å². The van der Waals surface area contributed by atoms with Crippen molar-refractivity contribution in [3.8, 4) is 5.75 Å². The summed E-state index contributed by atoms with van der Waals surface area (Å²) in [5, 5.41) is 3.46. The third-order valence-corrected chi connectivity index (χ3v) is 4.38. The van der Waals surface area contributed by atoms with Gasteiger partial charge in [0.2, 0.25) is 0 Å². The Bertz CT molecular complexity index is 563. The maximum absolute atomic E-state index is 5.83. The van der Waals surface area contributed by atoms with Gasteiger partial charge in [-0.2, -0.15) is 0 Å². The molecule has 0 radical (unpaired) electrons. The first kappa shape index (κ1) is 13.6. The van der Waals surface area contributed by atoms with E-state index in [1.807, 2.05) is 18.2 Å². The number of hydrogen-bond donors (Lipinski definition) is 1. The van der Waals surface area contributed by atoms with Crippen LogP contribution in [-0.2, 0) is 12.3 Å². The van der Waals surface area contributed by atoms with E-state index in [0.717, 1.165) is 34.5 Å². The molecule has 1 fully saturated rings. The van der Waals surface area contributed by atoms with Gasteiger partial charge in [-0.05, 0) is 37.1 Å². The fraction of sp³-hybridized carbons (Fsp3) is 0.375. The van der Waals surface area contributed by atoms with Crippen LogP contribution in [0.1, 0.15) is 24.4 Å². The molecule has 106 valence electrons. The van der Waals surface area contributed by atoms with Crippen LogP contribution in [0.5, 0.6) is 5.75 Å². The Morgan fingerprint density at radius 1 is 1.20 bits per heavy atom. The van der Waals surface area contributed by atoms with Gasteiger partial charge >= 0.3 is 0 Å². The standard InChI is InChI=1S/C16H19NO2S/c1-18-15-4-2-3-5-16(15)20-11-14-9-8-13(19-14)10-17-12-6-7-12/h2-5,8-9,12,17H,6-7,10-11H2,1H3. The number of nitrogens with one attached hydrogen (secondary N) is 1. The Morgan fingerprint density at radius 3 is 2.80 bits per heavy atom. The molecule has 0 amide bonds. The summed E-state index contributed by atoms with van der Waals surface area (Å²) in [4.78, 5) is 1.14. The highest BCUT2D eigenvalue weighted by Gasteiger charge is 2.20. The molecule has 0 atom stereocenters. The second-order valence-electron chi connectivity index (χ2n) is 4.96. The van der Waals surface area contributed by atoms with E-state index in [-0.39, 0.29) is 0 Å². The predicted molar refractivity (Wildman–Crippen MR) is 81.1 cm³/mol. The Morgan fingerprint density at radius 2 is 2.00 bits per heavy atom. The highest BCUT2D eigenvalue weighted by atomic mass is 32.2. The quantitative estimate of drug-likeness (QED) is 0.786. The molecule has 0 saturated heterocycles. The summed E-state index contributed by atoms with van der Waals surface area (Å²) < 4.78 is 11.2. The van der Waals surface area contributed by atoms with E-state index >= 15 is 0 Å². The van der Waals surface area contributed by atoms with E-state index in [2.05, 4.69) is 23.5 Å². The Labute approximate surface area is 123 Å². The molecule has 1 heterocycles. The molecule has 0 bridgehead atoms. The molecule has 1 saturated carbocycles. The summed E-state index contributed by atoms with van der Waals surface area (Å²) in [6.07, 6.45) is 2.61. The predicted octanol–water partition coefficient (Wildman–Crippen LogP) is 3.83. The van der Waals surface area contributed by atoms with Gasteiger partial charge in [0.25, 0.3) is 0 Å². The topological polar surface area (TPSA) is 34.4 Å². The number of rotatable bonds is 7. The lowest BCUT2D eigenvalue weighted by atomic mass is 10.3. The van der Waals surface area contributed by atoms with Crippen LogP contribution in [0, 0.1) is 0 Å². The molecule has 1 aliphatic carbocycles. The minimum absolute atomic E-state index is 0.714. The molecule has 20 heavy (non-hydrogen) atoms. The van der Waals surface area contributed by atoms with E-state index in [9.17, 15) is 0 Å². The second kappa shape index (κ2) is 6.37. The maximum atomic E-state index is 5.83. The monoisotopic (exact) mass is 289 g/mol. The van der Waals surface area contributed by atoms with Gasteiger partial charge in [0, 0.05) is 10.9 Å². The van der Waals surface area contributed by atoms with E-state index in [1.54, 1.807) is 18.9 Å². The van der Waals surface area contributed by atoms with Gasteiger partial charge in [0.05, 0.1) is 19.4 Å². The van der Waals surface area contributed by atoms with E-state index in [4.69, 9.17) is 9.15 Å². The third-order valence-electron chi connectivity index (χ3n) is 3.30. The van der Waals surface area contributed by atoms with E-state index in [0.29, 0.717) is 6.04 Å². The molecular weight excluding hydrogens is 270 g/mol. The first-order chi connectivity index (χ1) is 9.85. The van der Waals surface area contributed by atoms with Crippen molar-refractivity contribution in [2.45, 2.75) is 36.1 Å². The van der Waals surface area contributed by atoms with Crippen molar-refractivity contribution in [2.75, 3.05) is 7.11 Å². The van der Waals surface area contributed by atoms with E-state index in [1.165, 1.54) is 12.8 Å². The first-order valence-corrected chi connectivity index (χ1v) is 7.90. The lowest BCUT2D eigenvalue weighted by molar-refractivity contribution is 0.404. The van der Waals surface area contributed by atoms with Crippen molar-refractivity contribution in [3.63, 3.8) is 0 Å². The summed E-state index contributed by atoms with van der Waals surface area (Å²) in [6.45, 7) is 0.837. The zero-order chi connectivity index (χ0) is 13.8. The molecule has 4 heteroatoms. The fourth-order valence-electron chi connectivity index (χ4n) is 2.01. The Hall–Kier alpha value is -1.39. The average molecular weight is 289 g/mol. The van der Waals surface area contributed by atoms with Crippen LogP contribution >= 0.6 is 11.8 Å². The van der Waals surface area contributed by atoms with Crippen LogP contribution in [0.3, 0.4) is 0 Å². The maximum Gasteiger partial charge on any atom is 0.132 e. The van der Waals surface area contributed by atoms with Gasteiger partial charge < -0.3 is 14.5 Å². The largest absolute Gasteiger partial charge is 0.496 e. The van der Waals surface area contributed by atoms with Crippen LogP contribution in [0.4, 0.5) is 0 Å². The van der Waals surface area contributed by atoms with Crippen molar-refractivity contribution in [1.29, 1.82) is 0 Å². The normalized spacial score (nSPS) is 14.4. The summed E-state index contributed by atoms with van der Waals surface area (Å²) in [5.41, 5.74) is 0. The van der Waals surface area contributed by atoms with Crippen LogP contribution in [0.15, 0.2) is 45.7 Å². The summed E-state index contributed by atoms with van der Waals surface area (Å²) in [6, 6.07) is 12.9. The van der Waals surface area contributed by atoms with Crippen LogP contribution in [-0.4, -0.2) is 13.2 Å². The van der Waals surface area contributed by atoms with Gasteiger partial charge in [-0.1, -0.05) is 12.1 Å². The molecule has 2 aromatic rings. The minimum Gasteiger partial charge on any atom is -0.496 e. The molecule has 0 aliphatic heterocycles. The molecule has 3 rings (SSSR count). The van der Waals surface area contributed by atoms with Gasteiger partial charge in [-0.3, -0.25) is 0 Å². The molecule has 0 unspecified atom stereocenters. The molecule has 3 nitrogen and oxygen atoms in total. The summed E-state index contributed by atoms with van der Waals surface area (Å²) >= 11 is 1.74. The zero-order valence-corrected chi connectivity index (χ0v) is 12.4. The fourth-order valence-corrected chi connectivity index (χ4v) is 2.94. The van der Waals surface area contributed by atoms with E-state index < -0.39 is 0 Å². The SMILES string of the molecule is COc1ccccc1SCc1ccc(CNC2CC2)o1. The van der Waals surface area contributed by atoms with Crippen molar-refractivity contribution >= 4 is 11.8 Å². The minimum atomic E-state index is 0.714. The van der Waals surface area contributed by atoms with Crippen molar-refractivity contribution < 1.29 is 9.15 Å². The van der Waals surface area contributed by atoms with Crippen molar-refractivity contribution in [1.82, 2.24) is 5.32 Å². The number of benzene rings is 1. The average Bonchev–Trinajstić information content (AvgIpc) is 3.21. The molecule has 1 aliphatic rings. The van der Waals surface area contributed by atoms with Crippen molar-refractivity contribution in [2.24, 2.45) is 0 Å². The molecular formula is C16H19NO2S. The molecule has 1 aromatic heterocycles. The van der Waals surface area contributed by atoms with Gasteiger partial charge in [-0.15, -0.1) is 11.8 Å². The van der Waals surface area contributed by atoms with Crippen LogP contribution in [0.25, 0.3) is 0 Å². The number of para-hydroxylation sites is 1. The van der Waals surface area contributed by atoms with Gasteiger partial charge in [0.15, 0.2) is 0 Å². The highest BCUT2D eigenvalue weighted by molar-refractivity contribution is 7.98. The third kappa shape index (κ3) is 3.58. The lowest BCUT2D eigenvalue weighted by Crippen LogP contribution is -2.14. The zero-order valence-electron chi connectivity index (χ0n) is 11.6. The summed E-state index contributed by atoms with van der Waals surface area (Å²) in [5.74, 6) is 3.77. The molecule has 0 spiro atoms. The molecule has 1 aromatic carbocycles. The first-order valence-electron chi connectivity index (χ1n) is 6.92. The second-order valence-corrected chi connectivity index (χ2v) is 5.98. The Balaban J connectivity index is 1.54. The van der Waals surface area contributed by atoms with Crippen molar-refractivity contribution in [3.05, 3.63) is 47.9 Å². The number of methoxy groups -OCH3 is 1. The number of hydrogen-bond acceptors (Lipinski definition) is 4. The van der Waals surface area contributed by atoms with Gasteiger partial charge in [-0.25, -0.2) is 0 Å². The number of thioether (sulfide) groups is 1. The Kier molecular flexibility index (Phi) is 4.33. The highest BCUT2D eigenvalue weighted by Crippen LogP contribution is 2.31. The molecule has 1 N–H and O–H groups in total.